The van der Waals surface area contributed by atoms with Gasteiger partial charge < -0.3 is 10.2 Å². The average molecular weight is 554 g/mol. The van der Waals surface area contributed by atoms with Gasteiger partial charge in [-0.2, -0.15) is 0 Å². The van der Waals surface area contributed by atoms with Gasteiger partial charge in [-0.1, -0.05) is 61.9 Å². The highest BCUT2D eigenvalue weighted by atomic mass is 32.2. The summed E-state index contributed by atoms with van der Waals surface area (Å²) in [5.41, 5.74) is 2.55. The lowest BCUT2D eigenvalue weighted by Gasteiger charge is -2.32. The molecule has 1 N–H and O–H groups in total. The van der Waals surface area contributed by atoms with E-state index in [9.17, 15) is 22.4 Å². The molecule has 2 amide bonds. The standard InChI is InChI=1S/C30H36FN3O4S/c1-21(2)18-32-30(36)24(5)33(19-25-12-14-26(31)15-13-25)29(35)20-34(28-9-7-6-8-23(28)4)39(37,38)27-16-10-22(3)11-17-27/h6-17,21,24H,18-20H2,1-5H3,(H,32,36)/t24-/m0/s1. The quantitative estimate of drug-likeness (QED) is 0.369. The van der Waals surface area contributed by atoms with Crippen LogP contribution in [-0.2, 0) is 26.2 Å². The Balaban J connectivity index is 2.02. The van der Waals surface area contributed by atoms with Crippen LogP contribution in [0.1, 0.15) is 37.5 Å². The van der Waals surface area contributed by atoms with Crippen LogP contribution in [0.5, 0.6) is 0 Å². The van der Waals surface area contributed by atoms with Crippen LogP contribution in [0.3, 0.4) is 0 Å². The zero-order chi connectivity index (χ0) is 28.7. The van der Waals surface area contributed by atoms with Gasteiger partial charge in [0.15, 0.2) is 0 Å². The topological polar surface area (TPSA) is 86.8 Å². The summed E-state index contributed by atoms with van der Waals surface area (Å²) in [6.45, 7) is 9.06. The molecule has 0 aliphatic carbocycles. The molecule has 7 nitrogen and oxygen atoms in total. The Kier molecular flexibility index (Phi) is 9.86. The predicted molar refractivity (Wildman–Crippen MR) is 151 cm³/mol. The number of hydrogen-bond donors (Lipinski definition) is 1. The lowest BCUT2D eigenvalue weighted by atomic mass is 10.1. The highest BCUT2D eigenvalue weighted by Gasteiger charge is 2.33. The van der Waals surface area contributed by atoms with Crippen molar-refractivity contribution in [1.29, 1.82) is 0 Å². The first kappa shape index (κ1) is 29.8. The Morgan fingerprint density at radius 2 is 1.51 bits per heavy atom. The molecule has 208 valence electrons. The molecule has 0 aromatic heterocycles. The molecule has 0 bridgehead atoms. The van der Waals surface area contributed by atoms with E-state index in [1.165, 1.54) is 41.3 Å². The Morgan fingerprint density at radius 1 is 0.897 bits per heavy atom. The Labute approximate surface area is 230 Å². The predicted octanol–water partition coefficient (Wildman–Crippen LogP) is 4.83. The molecule has 1 atom stereocenters. The number of para-hydroxylation sites is 1. The first-order valence-corrected chi connectivity index (χ1v) is 14.3. The van der Waals surface area contributed by atoms with Gasteiger partial charge >= 0.3 is 0 Å². The summed E-state index contributed by atoms with van der Waals surface area (Å²) in [7, 11) is -4.13. The first-order valence-electron chi connectivity index (χ1n) is 12.9. The van der Waals surface area contributed by atoms with Gasteiger partial charge in [0.1, 0.15) is 18.4 Å². The van der Waals surface area contributed by atoms with Crippen LogP contribution in [0.4, 0.5) is 10.1 Å². The van der Waals surface area contributed by atoms with Crippen LogP contribution in [0.25, 0.3) is 0 Å². The largest absolute Gasteiger partial charge is 0.354 e. The van der Waals surface area contributed by atoms with E-state index in [-0.39, 0.29) is 23.3 Å². The maximum Gasteiger partial charge on any atom is 0.264 e. The van der Waals surface area contributed by atoms with E-state index < -0.39 is 34.3 Å². The van der Waals surface area contributed by atoms with Gasteiger partial charge in [0.05, 0.1) is 10.6 Å². The van der Waals surface area contributed by atoms with E-state index in [1.54, 1.807) is 50.2 Å². The van der Waals surface area contributed by atoms with Crippen molar-refractivity contribution < 1.29 is 22.4 Å². The monoisotopic (exact) mass is 553 g/mol. The van der Waals surface area contributed by atoms with Crippen molar-refractivity contribution in [2.45, 2.75) is 52.1 Å². The minimum Gasteiger partial charge on any atom is -0.354 e. The van der Waals surface area contributed by atoms with E-state index in [2.05, 4.69) is 5.32 Å². The highest BCUT2D eigenvalue weighted by molar-refractivity contribution is 7.92. The Morgan fingerprint density at radius 3 is 2.10 bits per heavy atom. The summed E-state index contributed by atoms with van der Waals surface area (Å²) >= 11 is 0. The van der Waals surface area contributed by atoms with Crippen LogP contribution in [0, 0.1) is 25.6 Å². The van der Waals surface area contributed by atoms with E-state index in [0.29, 0.717) is 23.4 Å². The molecular formula is C30H36FN3O4S. The number of halogens is 1. The number of anilines is 1. The molecule has 39 heavy (non-hydrogen) atoms. The second kappa shape index (κ2) is 12.9. The van der Waals surface area contributed by atoms with Crippen molar-refractivity contribution >= 4 is 27.5 Å². The number of hydrogen-bond acceptors (Lipinski definition) is 4. The molecule has 0 fully saturated rings. The van der Waals surface area contributed by atoms with Gasteiger partial charge in [-0.3, -0.25) is 13.9 Å². The average Bonchev–Trinajstić information content (AvgIpc) is 2.90. The minimum absolute atomic E-state index is 0.00156. The fourth-order valence-electron chi connectivity index (χ4n) is 4.02. The number of nitrogens with one attached hydrogen (secondary N) is 1. The molecular weight excluding hydrogens is 517 g/mol. The third kappa shape index (κ3) is 7.66. The third-order valence-corrected chi connectivity index (χ3v) is 8.16. The maximum atomic E-state index is 13.9. The van der Waals surface area contributed by atoms with Gasteiger partial charge in [-0.25, -0.2) is 12.8 Å². The van der Waals surface area contributed by atoms with E-state index in [1.807, 2.05) is 20.8 Å². The Bertz CT molecular complexity index is 1390. The van der Waals surface area contributed by atoms with Crippen LogP contribution < -0.4 is 9.62 Å². The zero-order valence-corrected chi connectivity index (χ0v) is 23.8. The zero-order valence-electron chi connectivity index (χ0n) is 23.0. The van der Waals surface area contributed by atoms with Gasteiger partial charge in [-0.05, 0) is 68.1 Å². The molecule has 0 unspecified atom stereocenters. The molecule has 9 heteroatoms. The van der Waals surface area contributed by atoms with Gasteiger partial charge in [0.2, 0.25) is 11.8 Å². The lowest BCUT2D eigenvalue weighted by molar-refractivity contribution is -0.139. The summed E-state index contributed by atoms with van der Waals surface area (Å²) in [5, 5.41) is 2.84. The number of aryl methyl sites for hydroxylation is 2. The lowest BCUT2D eigenvalue weighted by Crippen LogP contribution is -2.51. The second-order valence-electron chi connectivity index (χ2n) is 10.1. The van der Waals surface area contributed by atoms with Crippen LogP contribution in [-0.4, -0.2) is 44.3 Å². The molecule has 3 rings (SSSR count). The maximum absolute atomic E-state index is 13.9. The molecule has 0 saturated heterocycles. The molecule has 0 aliphatic heterocycles. The summed E-state index contributed by atoms with van der Waals surface area (Å²) in [6, 6.07) is 18.1. The van der Waals surface area contributed by atoms with Gasteiger partial charge in [-0.15, -0.1) is 0 Å². The molecule has 0 spiro atoms. The summed E-state index contributed by atoms with van der Waals surface area (Å²) in [6.07, 6.45) is 0. The summed E-state index contributed by atoms with van der Waals surface area (Å²) in [5.74, 6) is -1.14. The van der Waals surface area contributed by atoms with Gasteiger partial charge in [0, 0.05) is 13.1 Å². The number of amides is 2. The number of nitrogens with zero attached hydrogens (tertiary/aromatic N) is 2. The second-order valence-corrected chi connectivity index (χ2v) is 11.9. The van der Waals surface area contributed by atoms with Crippen molar-refractivity contribution in [2.75, 3.05) is 17.4 Å². The molecule has 0 radical (unpaired) electrons. The fraction of sp³-hybridized carbons (Fsp3) is 0.333. The highest BCUT2D eigenvalue weighted by Crippen LogP contribution is 2.27. The summed E-state index contributed by atoms with van der Waals surface area (Å²) < 4.78 is 42.4. The normalized spacial score (nSPS) is 12.2. The van der Waals surface area contributed by atoms with Crippen molar-refractivity contribution in [3.63, 3.8) is 0 Å². The van der Waals surface area contributed by atoms with E-state index in [4.69, 9.17) is 0 Å². The minimum atomic E-state index is -4.13. The molecule has 3 aromatic rings. The molecule has 0 saturated carbocycles. The van der Waals surface area contributed by atoms with Crippen molar-refractivity contribution in [3.05, 3.63) is 95.3 Å². The number of rotatable bonds is 11. The van der Waals surface area contributed by atoms with Crippen molar-refractivity contribution in [3.8, 4) is 0 Å². The van der Waals surface area contributed by atoms with Crippen LogP contribution >= 0.6 is 0 Å². The van der Waals surface area contributed by atoms with Gasteiger partial charge in [0.25, 0.3) is 10.0 Å². The smallest absolute Gasteiger partial charge is 0.264 e. The third-order valence-electron chi connectivity index (χ3n) is 6.39. The molecule has 0 aliphatic rings. The number of sulfonamides is 1. The fourth-order valence-corrected chi connectivity index (χ4v) is 5.49. The van der Waals surface area contributed by atoms with Crippen LogP contribution in [0.2, 0.25) is 0 Å². The first-order chi connectivity index (χ1) is 18.4. The number of benzene rings is 3. The molecule has 0 heterocycles. The summed E-state index contributed by atoms with van der Waals surface area (Å²) in [4.78, 5) is 28.3. The van der Waals surface area contributed by atoms with Crippen molar-refractivity contribution in [1.82, 2.24) is 10.2 Å². The Hall–Kier alpha value is -3.72. The molecule has 3 aromatic carbocycles. The van der Waals surface area contributed by atoms with E-state index >= 15 is 0 Å². The van der Waals surface area contributed by atoms with E-state index in [0.717, 1.165) is 9.87 Å². The van der Waals surface area contributed by atoms with Crippen LogP contribution in [0.15, 0.2) is 77.7 Å². The number of carbonyl (C=O) groups is 2. The van der Waals surface area contributed by atoms with Crippen molar-refractivity contribution in [2.24, 2.45) is 5.92 Å². The number of carbonyl (C=O) groups excluding carboxylic acids is 2. The SMILES string of the molecule is Cc1ccc(S(=O)(=O)N(CC(=O)N(Cc2ccc(F)cc2)[C@@H](C)C(=O)NCC(C)C)c2ccccc2C)cc1.